The molecule has 1 fully saturated rings. The van der Waals surface area contributed by atoms with Gasteiger partial charge in [0.1, 0.15) is 0 Å². The SMILES string of the molecule is CCCCCCCC/C=C\C[C@H]1CC(=O)NCCCN(C(=O)[C@H](C)CC)CCCCCN(C(=O)[C@H](C)CC)CCCN1. The molecule has 7 nitrogen and oxygen atoms in total. The average Bonchev–Trinajstić information content (AvgIpc) is 2.99. The molecule has 1 aliphatic heterocycles. The summed E-state index contributed by atoms with van der Waals surface area (Å²) in [5, 5.41) is 6.72. The molecule has 3 amide bonds. The molecule has 0 aromatic carbocycles. The summed E-state index contributed by atoms with van der Waals surface area (Å²) in [7, 11) is 0. The molecule has 0 aliphatic carbocycles. The van der Waals surface area contributed by atoms with Crippen LogP contribution in [0.4, 0.5) is 0 Å². The molecule has 0 bridgehead atoms. The normalized spacial score (nSPS) is 20.5. The van der Waals surface area contributed by atoms with Crippen LogP contribution in [0.2, 0.25) is 0 Å². The Hall–Kier alpha value is -1.89. The third-order valence-corrected chi connectivity index (χ3v) is 8.76. The lowest BCUT2D eigenvalue weighted by Gasteiger charge is -2.28. The van der Waals surface area contributed by atoms with Crippen molar-refractivity contribution in [2.24, 2.45) is 11.8 Å². The van der Waals surface area contributed by atoms with E-state index in [-0.39, 0.29) is 35.6 Å². The largest absolute Gasteiger partial charge is 0.356 e. The van der Waals surface area contributed by atoms with Crippen molar-refractivity contribution < 1.29 is 14.4 Å². The summed E-state index contributed by atoms with van der Waals surface area (Å²) < 4.78 is 0. The maximum Gasteiger partial charge on any atom is 0.225 e. The fourth-order valence-corrected chi connectivity index (χ4v) is 5.45. The predicted octanol–water partition coefficient (Wildman–Crippen LogP) is 6.86. The maximum atomic E-state index is 13.1. The fraction of sp³-hybridized carbons (Fsp3) is 0.857. The molecular formula is C35H66N4O3. The summed E-state index contributed by atoms with van der Waals surface area (Å²) in [5.41, 5.74) is 0. The van der Waals surface area contributed by atoms with Crippen LogP contribution in [0.25, 0.3) is 0 Å². The van der Waals surface area contributed by atoms with Gasteiger partial charge >= 0.3 is 0 Å². The number of nitrogens with zero attached hydrogens (tertiary/aromatic N) is 2. The molecule has 2 N–H and O–H groups in total. The number of rotatable bonds is 13. The zero-order valence-electron chi connectivity index (χ0n) is 28.1. The second kappa shape index (κ2) is 24.5. The monoisotopic (exact) mass is 591 g/mol. The van der Waals surface area contributed by atoms with E-state index >= 15 is 0 Å². The number of nitrogens with one attached hydrogen (secondary N) is 2. The predicted molar refractivity (Wildman–Crippen MR) is 176 cm³/mol. The standard InChI is InChI=1S/C35H66N4O3/c1-6-9-10-11-12-13-14-15-17-22-32-29-33(40)37-24-21-28-39(35(42)31(5)8-3)26-19-16-18-25-38(27-20-23-36-32)34(41)30(4)7-2/h15,17,30-32,36H,6-14,16,18-29H2,1-5H3,(H,37,40)/b17-15-/t30-,31-,32+/m1/s1. The molecule has 1 rings (SSSR count). The van der Waals surface area contributed by atoms with Gasteiger partial charge in [-0.05, 0) is 70.8 Å². The summed E-state index contributed by atoms with van der Waals surface area (Å²) in [6.45, 7) is 14.7. The Morgan fingerprint density at radius 1 is 0.762 bits per heavy atom. The van der Waals surface area contributed by atoms with Gasteiger partial charge in [-0.1, -0.05) is 78.9 Å². The summed E-state index contributed by atoms with van der Waals surface area (Å²) in [6, 6.07) is 0.0758. The van der Waals surface area contributed by atoms with Gasteiger partial charge < -0.3 is 20.4 Å². The van der Waals surface area contributed by atoms with E-state index in [2.05, 4.69) is 43.6 Å². The van der Waals surface area contributed by atoms with Crippen molar-refractivity contribution in [2.75, 3.05) is 39.3 Å². The first-order valence-electron chi connectivity index (χ1n) is 17.6. The average molecular weight is 591 g/mol. The molecule has 0 aromatic rings. The van der Waals surface area contributed by atoms with Gasteiger partial charge in [0.15, 0.2) is 0 Å². The molecule has 3 atom stereocenters. The molecule has 0 unspecified atom stereocenters. The zero-order chi connectivity index (χ0) is 31.0. The van der Waals surface area contributed by atoms with E-state index in [1.165, 1.54) is 38.5 Å². The first kappa shape index (κ1) is 38.1. The first-order chi connectivity index (χ1) is 20.3. The van der Waals surface area contributed by atoms with Crippen molar-refractivity contribution >= 4 is 17.7 Å². The fourth-order valence-electron chi connectivity index (χ4n) is 5.45. The Morgan fingerprint density at radius 2 is 1.31 bits per heavy atom. The number of hydrogen-bond donors (Lipinski definition) is 2. The van der Waals surface area contributed by atoms with Gasteiger partial charge in [-0.3, -0.25) is 14.4 Å². The summed E-state index contributed by atoms with van der Waals surface area (Å²) in [6.07, 6.45) is 20.9. The van der Waals surface area contributed by atoms with Crippen molar-refractivity contribution in [1.29, 1.82) is 0 Å². The number of amides is 3. The van der Waals surface area contributed by atoms with Crippen LogP contribution in [0.3, 0.4) is 0 Å². The Balaban J connectivity index is 2.81. The zero-order valence-corrected chi connectivity index (χ0v) is 28.1. The van der Waals surface area contributed by atoms with Crippen molar-refractivity contribution in [3.63, 3.8) is 0 Å². The molecule has 0 radical (unpaired) electrons. The first-order valence-corrected chi connectivity index (χ1v) is 17.6. The molecule has 1 aliphatic rings. The highest BCUT2D eigenvalue weighted by atomic mass is 16.2. The topological polar surface area (TPSA) is 81.8 Å². The van der Waals surface area contributed by atoms with E-state index in [0.717, 1.165) is 84.0 Å². The lowest BCUT2D eigenvalue weighted by molar-refractivity contribution is -0.135. The van der Waals surface area contributed by atoms with Gasteiger partial charge in [-0.25, -0.2) is 0 Å². The van der Waals surface area contributed by atoms with Crippen LogP contribution in [-0.2, 0) is 14.4 Å². The molecule has 42 heavy (non-hydrogen) atoms. The number of unbranched alkanes of at least 4 members (excludes halogenated alkanes) is 6. The van der Waals surface area contributed by atoms with Crippen LogP contribution in [0.15, 0.2) is 12.2 Å². The summed E-state index contributed by atoms with van der Waals surface area (Å²) in [5.74, 6) is 0.568. The number of carbonyl (C=O) groups is 3. The Kier molecular flexibility index (Phi) is 22.3. The van der Waals surface area contributed by atoms with Crippen LogP contribution in [0.5, 0.6) is 0 Å². The molecule has 0 spiro atoms. The van der Waals surface area contributed by atoms with Crippen molar-refractivity contribution in [3.05, 3.63) is 12.2 Å². The minimum atomic E-state index is 0.0158. The molecule has 0 saturated carbocycles. The highest BCUT2D eigenvalue weighted by Gasteiger charge is 2.21. The molecule has 1 heterocycles. The van der Waals surface area contributed by atoms with Gasteiger partial charge in [-0.15, -0.1) is 0 Å². The van der Waals surface area contributed by atoms with Crippen LogP contribution < -0.4 is 10.6 Å². The number of carbonyl (C=O) groups excluding carboxylic acids is 3. The summed E-state index contributed by atoms with van der Waals surface area (Å²) in [4.78, 5) is 43.0. The minimum absolute atomic E-state index is 0.0158. The van der Waals surface area contributed by atoms with Gasteiger partial charge in [-0.2, -0.15) is 0 Å². The second-order valence-corrected chi connectivity index (χ2v) is 12.5. The van der Waals surface area contributed by atoms with E-state index < -0.39 is 0 Å². The lowest BCUT2D eigenvalue weighted by atomic mass is 10.1. The maximum absolute atomic E-state index is 13.1. The van der Waals surface area contributed by atoms with Gasteiger partial charge in [0, 0.05) is 57.0 Å². The Morgan fingerprint density at radius 3 is 1.90 bits per heavy atom. The molecule has 7 heteroatoms. The Bertz CT molecular complexity index is 757. The minimum Gasteiger partial charge on any atom is -0.356 e. The lowest BCUT2D eigenvalue weighted by Crippen LogP contribution is -2.41. The smallest absolute Gasteiger partial charge is 0.225 e. The van der Waals surface area contributed by atoms with E-state index in [9.17, 15) is 14.4 Å². The van der Waals surface area contributed by atoms with Gasteiger partial charge in [0.25, 0.3) is 0 Å². The third kappa shape index (κ3) is 17.3. The van der Waals surface area contributed by atoms with Crippen LogP contribution >= 0.6 is 0 Å². The quantitative estimate of drug-likeness (QED) is 0.181. The third-order valence-electron chi connectivity index (χ3n) is 8.76. The van der Waals surface area contributed by atoms with Gasteiger partial charge in [0.05, 0.1) is 0 Å². The van der Waals surface area contributed by atoms with Crippen molar-refractivity contribution in [2.45, 2.75) is 143 Å². The second-order valence-electron chi connectivity index (χ2n) is 12.5. The van der Waals surface area contributed by atoms with Crippen LogP contribution in [0.1, 0.15) is 137 Å². The van der Waals surface area contributed by atoms with Gasteiger partial charge in [0.2, 0.25) is 17.7 Å². The number of hydrogen-bond acceptors (Lipinski definition) is 4. The highest BCUT2D eigenvalue weighted by molar-refractivity contribution is 5.79. The van der Waals surface area contributed by atoms with Crippen LogP contribution in [-0.4, -0.2) is 72.8 Å². The number of allylic oxidation sites excluding steroid dienone is 1. The van der Waals surface area contributed by atoms with E-state index in [1.54, 1.807) is 0 Å². The molecule has 1 saturated heterocycles. The van der Waals surface area contributed by atoms with E-state index in [1.807, 2.05) is 23.6 Å². The molecule has 0 aromatic heterocycles. The molecule has 244 valence electrons. The Labute approximate surface area is 259 Å². The van der Waals surface area contributed by atoms with Crippen LogP contribution in [0, 0.1) is 11.8 Å². The molecular weight excluding hydrogens is 524 g/mol. The van der Waals surface area contributed by atoms with Crippen molar-refractivity contribution in [1.82, 2.24) is 20.4 Å². The van der Waals surface area contributed by atoms with Crippen molar-refractivity contribution in [3.8, 4) is 0 Å². The summed E-state index contributed by atoms with van der Waals surface area (Å²) >= 11 is 0. The highest BCUT2D eigenvalue weighted by Crippen LogP contribution is 2.13. The van der Waals surface area contributed by atoms with E-state index in [0.29, 0.717) is 19.5 Å². The van der Waals surface area contributed by atoms with E-state index in [4.69, 9.17) is 0 Å².